The van der Waals surface area contributed by atoms with Crippen molar-refractivity contribution in [3.63, 3.8) is 0 Å². The lowest BCUT2D eigenvalue weighted by molar-refractivity contribution is 0.0954. The van der Waals surface area contributed by atoms with Crippen LogP contribution in [0.5, 0.6) is 17.2 Å². The molecular weight excluding hydrogens is 452 g/mol. The summed E-state index contributed by atoms with van der Waals surface area (Å²) in [4.78, 5) is 12.7. The van der Waals surface area contributed by atoms with Gasteiger partial charge in [-0.15, -0.1) is 0 Å². The van der Waals surface area contributed by atoms with Crippen LogP contribution in [0.1, 0.15) is 21.5 Å². The molecule has 4 aromatic rings. The molecule has 0 saturated carbocycles. The van der Waals surface area contributed by atoms with Crippen LogP contribution in [-0.4, -0.2) is 26.3 Å². The van der Waals surface area contributed by atoms with Crippen LogP contribution in [0.4, 0.5) is 0 Å². The molecule has 0 aromatic heterocycles. The Morgan fingerprint density at radius 1 is 0.941 bits per heavy atom. The number of hydrogen-bond donors (Lipinski definition) is 1. The van der Waals surface area contributed by atoms with E-state index in [9.17, 15) is 4.79 Å². The molecule has 4 aromatic carbocycles. The average Bonchev–Trinajstić information content (AvgIpc) is 2.88. The van der Waals surface area contributed by atoms with E-state index in [0.29, 0.717) is 34.4 Å². The Hall–Kier alpha value is -4.03. The van der Waals surface area contributed by atoms with Crippen molar-refractivity contribution in [3.8, 4) is 17.2 Å². The minimum Gasteiger partial charge on any atom is -0.497 e. The van der Waals surface area contributed by atoms with Crippen LogP contribution in [0.25, 0.3) is 10.8 Å². The second-order valence-electron chi connectivity index (χ2n) is 7.41. The minimum absolute atomic E-state index is 0.366. The van der Waals surface area contributed by atoms with Crippen LogP contribution in [0.3, 0.4) is 0 Å². The molecule has 0 aliphatic heterocycles. The van der Waals surface area contributed by atoms with E-state index in [-0.39, 0.29) is 0 Å². The molecule has 172 valence electrons. The highest BCUT2D eigenvalue weighted by Gasteiger charge is 2.11. The Bertz CT molecular complexity index is 1310. The van der Waals surface area contributed by atoms with E-state index in [1.54, 1.807) is 24.4 Å². The van der Waals surface area contributed by atoms with E-state index in [0.717, 1.165) is 21.9 Å². The second kappa shape index (κ2) is 10.7. The Balaban J connectivity index is 1.58. The molecule has 0 saturated heterocycles. The van der Waals surface area contributed by atoms with E-state index >= 15 is 0 Å². The molecule has 0 aliphatic carbocycles. The summed E-state index contributed by atoms with van der Waals surface area (Å²) in [6.45, 7) is 0.367. The molecule has 0 radical (unpaired) electrons. The zero-order chi connectivity index (χ0) is 23.9. The third-order valence-electron chi connectivity index (χ3n) is 5.21. The van der Waals surface area contributed by atoms with Gasteiger partial charge in [-0.3, -0.25) is 4.79 Å². The molecule has 1 amide bonds. The number of fused-ring (bicyclic) bond motifs is 1. The van der Waals surface area contributed by atoms with Gasteiger partial charge in [-0.25, -0.2) is 5.43 Å². The van der Waals surface area contributed by atoms with Crippen molar-refractivity contribution in [2.24, 2.45) is 5.10 Å². The van der Waals surface area contributed by atoms with Gasteiger partial charge in [0.1, 0.15) is 23.9 Å². The number of ether oxygens (including phenoxy) is 3. The highest BCUT2D eigenvalue weighted by Crippen LogP contribution is 2.28. The van der Waals surface area contributed by atoms with Crippen LogP contribution < -0.4 is 19.6 Å². The fraction of sp³-hybridized carbons (Fsp3) is 0.111. The molecular formula is C27H23ClN2O4. The van der Waals surface area contributed by atoms with Gasteiger partial charge in [0.15, 0.2) is 0 Å². The smallest absolute Gasteiger partial charge is 0.271 e. The lowest BCUT2D eigenvalue weighted by Gasteiger charge is -2.12. The summed E-state index contributed by atoms with van der Waals surface area (Å²) in [6.07, 6.45) is 1.59. The molecule has 1 N–H and O–H groups in total. The number of hydrogen-bond acceptors (Lipinski definition) is 5. The zero-order valence-electron chi connectivity index (χ0n) is 18.7. The molecule has 0 unspecified atom stereocenters. The average molecular weight is 475 g/mol. The Morgan fingerprint density at radius 3 is 2.35 bits per heavy atom. The fourth-order valence-corrected chi connectivity index (χ4v) is 3.56. The van der Waals surface area contributed by atoms with Gasteiger partial charge in [-0.1, -0.05) is 54.1 Å². The Kier molecular flexibility index (Phi) is 7.30. The normalized spacial score (nSPS) is 10.9. The summed E-state index contributed by atoms with van der Waals surface area (Å²) in [5.74, 6) is 1.29. The SMILES string of the molecule is COc1cc(OC)cc(C(=O)NN=Cc2c(OCc3ccc(Cl)cc3)ccc3ccccc23)c1. The maximum absolute atomic E-state index is 12.7. The quantitative estimate of drug-likeness (QED) is 0.257. The number of methoxy groups -OCH3 is 2. The Labute approximate surface area is 202 Å². The monoisotopic (exact) mass is 474 g/mol. The number of hydrazone groups is 1. The molecule has 0 atom stereocenters. The van der Waals surface area contributed by atoms with E-state index in [1.807, 2.05) is 60.7 Å². The summed E-state index contributed by atoms with van der Waals surface area (Å²) in [6, 6.07) is 24.2. The van der Waals surface area contributed by atoms with E-state index < -0.39 is 5.91 Å². The summed E-state index contributed by atoms with van der Waals surface area (Å²) in [5, 5.41) is 6.87. The highest BCUT2D eigenvalue weighted by molar-refractivity contribution is 6.30. The maximum Gasteiger partial charge on any atom is 0.271 e. The third-order valence-corrected chi connectivity index (χ3v) is 5.46. The van der Waals surface area contributed by atoms with Crippen molar-refractivity contribution in [3.05, 3.63) is 101 Å². The predicted molar refractivity (Wildman–Crippen MR) is 134 cm³/mol. The van der Waals surface area contributed by atoms with Gasteiger partial charge in [0.05, 0.1) is 20.4 Å². The maximum atomic E-state index is 12.7. The second-order valence-corrected chi connectivity index (χ2v) is 7.85. The zero-order valence-corrected chi connectivity index (χ0v) is 19.5. The highest BCUT2D eigenvalue weighted by atomic mass is 35.5. The van der Waals surface area contributed by atoms with Crippen molar-refractivity contribution in [1.29, 1.82) is 0 Å². The topological polar surface area (TPSA) is 69.2 Å². The van der Waals surface area contributed by atoms with E-state index in [1.165, 1.54) is 14.2 Å². The Morgan fingerprint density at radius 2 is 1.65 bits per heavy atom. The van der Waals surface area contributed by atoms with Gasteiger partial charge in [0.2, 0.25) is 0 Å². The first-order chi connectivity index (χ1) is 16.6. The lowest BCUT2D eigenvalue weighted by Crippen LogP contribution is -2.18. The van der Waals surface area contributed by atoms with Crippen LogP contribution in [0, 0.1) is 0 Å². The fourth-order valence-electron chi connectivity index (χ4n) is 3.43. The summed E-state index contributed by atoms with van der Waals surface area (Å²) < 4.78 is 16.6. The van der Waals surface area contributed by atoms with Crippen molar-refractivity contribution >= 4 is 34.5 Å². The first-order valence-electron chi connectivity index (χ1n) is 10.5. The molecule has 4 rings (SSSR count). The van der Waals surface area contributed by atoms with Crippen LogP contribution in [0.15, 0.2) is 84.0 Å². The van der Waals surface area contributed by atoms with Gasteiger partial charge in [0, 0.05) is 22.2 Å². The third kappa shape index (κ3) is 5.47. The van der Waals surface area contributed by atoms with Gasteiger partial charge in [0.25, 0.3) is 5.91 Å². The van der Waals surface area contributed by atoms with Gasteiger partial charge in [-0.05, 0) is 46.7 Å². The molecule has 6 nitrogen and oxygen atoms in total. The summed E-state index contributed by atoms with van der Waals surface area (Å²) in [7, 11) is 3.06. The minimum atomic E-state index is -0.391. The predicted octanol–water partition coefficient (Wildman–Crippen LogP) is 5.85. The van der Waals surface area contributed by atoms with Crippen molar-refractivity contribution in [2.75, 3.05) is 14.2 Å². The summed E-state index contributed by atoms with van der Waals surface area (Å²) >= 11 is 5.97. The first-order valence-corrected chi connectivity index (χ1v) is 10.9. The van der Waals surface area contributed by atoms with Crippen LogP contribution in [-0.2, 0) is 6.61 Å². The number of carbonyl (C=O) groups is 1. The van der Waals surface area contributed by atoms with Crippen molar-refractivity contribution in [2.45, 2.75) is 6.61 Å². The number of amides is 1. The largest absolute Gasteiger partial charge is 0.497 e. The molecule has 0 aliphatic rings. The van der Waals surface area contributed by atoms with Crippen LogP contribution >= 0.6 is 11.6 Å². The number of nitrogens with one attached hydrogen (secondary N) is 1. The van der Waals surface area contributed by atoms with E-state index in [2.05, 4.69) is 10.5 Å². The number of rotatable bonds is 8. The van der Waals surface area contributed by atoms with Gasteiger partial charge in [-0.2, -0.15) is 5.10 Å². The molecule has 0 fully saturated rings. The molecule has 34 heavy (non-hydrogen) atoms. The number of halogens is 1. The molecule has 7 heteroatoms. The van der Waals surface area contributed by atoms with Crippen LogP contribution in [0.2, 0.25) is 5.02 Å². The van der Waals surface area contributed by atoms with Crippen molar-refractivity contribution in [1.82, 2.24) is 5.43 Å². The van der Waals surface area contributed by atoms with E-state index in [4.69, 9.17) is 25.8 Å². The molecule has 0 bridgehead atoms. The first kappa shape index (κ1) is 23.1. The number of benzene rings is 4. The molecule has 0 spiro atoms. The van der Waals surface area contributed by atoms with Gasteiger partial charge < -0.3 is 14.2 Å². The number of nitrogens with zero attached hydrogens (tertiary/aromatic N) is 1. The lowest BCUT2D eigenvalue weighted by atomic mass is 10.0. The standard InChI is InChI=1S/C27H23ClN2O4/c1-32-22-13-20(14-23(15-22)33-2)27(31)30-29-16-25-24-6-4-3-5-19(24)9-12-26(25)34-17-18-7-10-21(28)11-8-18/h3-16H,17H2,1-2H3,(H,30,31). The number of carbonyl (C=O) groups excluding carboxylic acids is 1. The van der Waals surface area contributed by atoms with Crippen molar-refractivity contribution < 1.29 is 19.0 Å². The summed E-state index contributed by atoms with van der Waals surface area (Å²) in [5.41, 5.74) is 4.68. The molecule has 0 heterocycles. The van der Waals surface area contributed by atoms with Gasteiger partial charge >= 0.3 is 0 Å².